The molecule has 0 fully saturated rings. The van der Waals surface area contributed by atoms with Crippen LogP contribution in [-0.2, 0) is 6.54 Å². The number of nitrogens with zero attached hydrogens (tertiary/aromatic N) is 2. The molecule has 1 aliphatic heterocycles. The maximum Gasteiger partial charge on any atom is 0.231 e. The van der Waals surface area contributed by atoms with E-state index in [-0.39, 0.29) is 6.79 Å². The number of fused-ring (bicyclic) bond motifs is 1. The Morgan fingerprint density at radius 2 is 2.11 bits per heavy atom. The number of ether oxygens (including phenoxy) is 2. The Bertz CT molecular complexity index is 593. The molecule has 0 aliphatic carbocycles. The average Bonchev–Trinajstić information content (AvgIpc) is 2.83. The smallest absolute Gasteiger partial charge is 0.231 e. The highest BCUT2D eigenvalue weighted by atomic mass is 16.7. The quantitative estimate of drug-likeness (QED) is 0.915. The minimum absolute atomic E-state index is 0.290. The third-order valence-electron chi connectivity index (χ3n) is 2.90. The number of rotatable bonds is 3. The van der Waals surface area contributed by atoms with Gasteiger partial charge in [0, 0.05) is 23.9 Å². The standard InChI is InChI=1S/C14H15N3O2/c1-9-6-13(17-10(2)16-9)15-7-11-4-3-5-12-14(11)19-8-18-12/h3-6H,7-8H2,1-2H3,(H,15,16,17). The molecule has 2 heterocycles. The van der Waals surface area contributed by atoms with Gasteiger partial charge in [-0.1, -0.05) is 12.1 Å². The lowest BCUT2D eigenvalue weighted by Crippen LogP contribution is -2.04. The monoisotopic (exact) mass is 257 g/mol. The number of hydrogen-bond donors (Lipinski definition) is 1. The first kappa shape index (κ1) is 11.8. The molecule has 0 saturated heterocycles. The van der Waals surface area contributed by atoms with Crippen molar-refractivity contribution in [3.05, 3.63) is 41.3 Å². The van der Waals surface area contributed by atoms with Gasteiger partial charge in [0.15, 0.2) is 11.5 Å². The summed E-state index contributed by atoms with van der Waals surface area (Å²) in [6.45, 7) is 4.77. The maximum atomic E-state index is 5.47. The van der Waals surface area contributed by atoms with E-state index in [9.17, 15) is 0 Å². The highest BCUT2D eigenvalue weighted by Crippen LogP contribution is 2.35. The molecule has 19 heavy (non-hydrogen) atoms. The van der Waals surface area contributed by atoms with Crippen LogP contribution in [0, 0.1) is 13.8 Å². The minimum atomic E-state index is 0.290. The fraction of sp³-hybridized carbons (Fsp3) is 0.286. The van der Waals surface area contributed by atoms with E-state index in [1.54, 1.807) is 0 Å². The van der Waals surface area contributed by atoms with Gasteiger partial charge in [-0.2, -0.15) is 0 Å². The van der Waals surface area contributed by atoms with Gasteiger partial charge in [-0.25, -0.2) is 9.97 Å². The highest BCUT2D eigenvalue weighted by Gasteiger charge is 2.16. The van der Waals surface area contributed by atoms with E-state index in [1.807, 2.05) is 38.1 Å². The summed E-state index contributed by atoms with van der Waals surface area (Å²) in [5.41, 5.74) is 2.01. The molecular formula is C14H15N3O2. The van der Waals surface area contributed by atoms with Crippen molar-refractivity contribution < 1.29 is 9.47 Å². The first-order valence-electron chi connectivity index (χ1n) is 6.16. The van der Waals surface area contributed by atoms with Gasteiger partial charge in [0.1, 0.15) is 11.6 Å². The number of anilines is 1. The van der Waals surface area contributed by atoms with Crippen LogP contribution >= 0.6 is 0 Å². The molecule has 5 nitrogen and oxygen atoms in total. The SMILES string of the molecule is Cc1cc(NCc2cccc3c2OCO3)nc(C)n1. The van der Waals surface area contributed by atoms with Crippen molar-refractivity contribution in [1.82, 2.24) is 9.97 Å². The van der Waals surface area contributed by atoms with E-state index in [0.717, 1.165) is 34.4 Å². The summed E-state index contributed by atoms with van der Waals surface area (Å²) in [4.78, 5) is 8.60. The third-order valence-corrected chi connectivity index (χ3v) is 2.90. The van der Waals surface area contributed by atoms with E-state index in [4.69, 9.17) is 9.47 Å². The molecule has 0 bridgehead atoms. The first-order chi connectivity index (χ1) is 9.22. The molecular weight excluding hydrogens is 242 g/mol. The molecule has 1 aliphatic rings. The fourth-order valence-electron chi connectivity index (χ4n) is 2.12. The van der Waals surface area contributed by atoms with Crippen LogP contribution in [0.1, 0.15) is 17.1 Å². The van der Waals surface area contributed by atoms with E-state index < -0.39 is 0 Å². The van der Waals surface area contributed by atoms with Crippen LogP contribution in [0.3, 0.4) is 0 Å². The largest absolute Gasteiger partial charge is 0.454 e. The zero-order valence-electron chi connectivity index (χ0n) is 10.9. The lowest BCUT2D eigenvalue weighted by molar-refractivity contribution is 0.173. The summed E-state index contributed by atoms with van der Waals surface area (Å²) in [5, 5.41) is 3.29. The van der Waals surface area contributed by atoms with Crippen molar-refractivity contribution in [1.29, 1.82) is 0 Å². The Kier molecular flexibility index (Phi) is 2.95. The van der Waals surface area contributed by atoms with Gasteiger partial charge in [0.2, 0.25) is 6.79 Å². The summed E-state index contributed by atoms with van der Waals surface area (Å²) in [6, 6.07) is 7.81. The summed E-state index contributed by atoms with van der Waals surface area (Å²) in [6.07, 6.45) is 0. The lowest BCUT2D eigenvalue weighted by atomic mass is 10.2. The zero-order chi connectivity index (χ0) is 13.2. The van der Waals surface area contributed by atoms with Crippen LogP contribution < -0.4 is 14.8 Å². The number of benzene rings is 1. The van der Waals surface area contributed by atoms with Crippen LogP contribution in [0.2, 0.25) is 0 Å². The molecule has 0 unspecified atom stereocenters. The van der Waals surface area contributed by atoms with E-state index in [2.05, 4.69) is 15.3 Å². The van der Waals surface area contributed by atoms with Crippen molar-refractivity contribution >= 4 is 5.82 Å². The Balaban J connectivity index is 1.78. The summed E-state index contributed by atoms with van der Waals surface area (Å²) in [7, 11) is 0. The average molecular weight is 257 g/mol. The minimum Gasteiger partial charge on any atom is -0.454 e. The molecule has 1 aromatic carbocycles. The molecule has 98 valence electrons. The Morgan fingerprint density at radius 1 is 1.21 bits per heavy atom. The lowest BCUT2D eigenvalue weighted by Gasteiger charge is -2.09. The number of hydrogen-bond acceptors (Lipinski definition) is 5. The van der Waals surface area contributed by atoms with E-state index in [1.165, 1.54) is 0 Å². The number of aromatic nitrogens is 2. The van der Waals surface area contributed by atoms with Gasteiger partial charge in [0.05, 0.1) is 0 Å². The molecule has 1 aromatic heterocycles. The predicted octanol–water partition coefficient (Wildman–Crippen LogP) is 2.43. The molecule has 0 amide bonds. The van der Waals surface area contributed by atoms with Gasteiger partial charge in [-0.15, -0.1) is 0 Å². The fourth-order valence-corrected chi connectivity index (χ4v) is 2.12. The maximum absolute atomic E-state index is 5.47. The summed E-state index contributed by atoms with van der Waals surface area (Å²) >= 11 is 0. The van der Waals surface area contributed by atoms with Crippen LogP contribution in [-0.4, -0.2) is 16.8 Å². The second-order valence-electron chi connectivity index (χ2n) is 4.45. The van der Waals surface area contributed by atoms with Crippen molar-refractivity contribution in [2.45, 2.75) is 20.4 Å². The second-order valence-corrected chi connectivity index (χ2v) is 4.45. The predicted molar refractivity (Wildman–Crippen MR) is 71.4 cm³/mol. The number of nitrogens with one attached hydrogen (secondary N) is 1. The molecule has 1 N–H and O–H groups in total. The summed E-state index contributed by atoms with van der Waals surface area (Å²) in [5.74, 6) is 3.20. The molecule has 0 spiro atoms. The third kappa shape index (κ3) is 2.45. The molecule has 2 aromatic rings. The van der Waals surface area contributed by atoms with Gasteiger partial charge in [0.25, 0.3) is 0 Å². The van der Waals surface area contributed by atoms with Gasteiger partial charge < -0.3 is 14.8 Å². The van der Waals surface area contributed by atoms with Crippen LogP contribution in [0.5, 0.6) is 11.5 Å². The number of aryl methyl sites for hydroxylation is 2. The zero-order valence-corrected chi connectivity index (χ0v) is 10.9. The normalized spacial score (nSPS) is 12.5. The highest BCUT2D eigenvalue weighted by molar-refractivity contribution is 5.49. The second kappa shape index (κ2) is 4.76. The van der Waals surface area contributed by atoms with Gasteiger partial charge in [-0.05, 0) is 19.9 Å². The first-order valence-corrected chi connectivity index (χ1v) is 6.16. The van der Waals surface area contributed by atoms with E-state index in [0.29, 0.717) is 6.54 Å². The Labute approximate surface area is 111 Å². The van der Waals surface area contributed by atoms with Gasteiger partial charge in [-0.3, -0.25) is 0 Å². The van der Waals surface area contributed by atoms with Crippen molar-refractivity contribution in [2.75, 3.05) is 12.1 Å². The molecule has 3 rings (SSSR count). The molecule has 5 heteroatoms. The Hall–Kier alpha value is -2.30. The van der Waals surface area contributed by atoms with E-state index >= 15 is 0 Å². The molecule has 0 atom stereocenters. The molecule has 0 saturated carbocycles. The topological polar surface area (TPSA) is 56.3 Å². The van der Waals surface area contributed by atoms with Gasteiger partial charge >= 0.3 is 0 Å². The molecule has 0 radical (unpaired) electrons. The number of para-hydroxylation sites is 1. The van der Waals surface area contributed by atoms with Crippen LogP contribution in [0.4, 0.5) is 5.82 Å². The Morgan fingerprint density at radius 3 is 2.95 bits per heavy atom. The van der Waals surface area contributed by atoms with Crippen molar-refractivity contribution in [2.24, 2.45) is 0 Å². The van der Waals surface area contributed by atoms with Crippen LogP contribution in [0.25, 0.3) is 0 Å². The van der Waals surface area contributed by atoms with Crippen molar-refractivity contribution in [3.8, 4) is 11.5 Å². The van der Waals surface area contributed by atoms with Crippen LogP contribution in [0.15, 0.2) is 24.3 Å². The van der Waals surface area contributed by atoms with Crippen molar-refractivity contribution in [3.63, 3.8) is 0 Å². The summed E-state index contributed by atoms with van der Waals surface area (Å²) < 4.78 is 10.8.